The highest BCUT2D eigenvalue weighted by molar-refractivity contribution is 7.85. The summed E-state index contributed by atoms with van der Waals surface area (Å²) in [6.45, 7) is 9.85. The zero-order valence-electron chi connectivity index (χ0n) is 28.8. The second-order valence-electron chi connectivity index (χ2n) is 13.2. The molecule has 5 aromatic rings. The second kappa shape index (κ2) is 14.6. The van der Waals surface area contributed by atoms with Crippen LogP contribution in [0.3, 0.4) is 0 Å². The third-order valence-electron chi connectivity index (χ3n) is 8.21. The van der Waals surface area contributed by atoms with Crippen LogP contribution in [0.5, 0.6) is 0 Å². The van der Waals surface area contributed by atoms with E-state index in [-0.39, 0.29) is 28.0 Å². The summed E-state index contributed by atoms with van der Waals surface area (Å²) in [6, 6.07) is 17.8. The van der Waals surface area contributed by atoms with Gasteiger partial charge in [0.05, 0.1) is 73.7 Å². The van der Waals surface area contributed by atoms with Crippen LogP contribution in [0.1, 0.15) is 29.7 Å². The van der Waals surface area contributed by atoms with Crippen molar-refractivity contribution in [3.05, 3.63) is 124 Å². The SMILES string of the molecule is O=S(=O)([O-])c1ccccc1.[C-]#[N+]c1ccc(-n2nccc2-c2c(C)n(-c3cccc(C(F)(F)F)c3)c(=O)n2C(=O)NC2CC2)c(CC[N+](C)(C)C)c1. The zero-order valence-corrected chi connectivity index (χ0v) is 29.6. The first-order valence-corrected chi connectivity index (χ1v) is 17.5. The number of alkyl halides is 3. The Hall–Kier alpha value is -5.50. The Balaban J connectivity index is 0.000000452. The van der Waals surface area contributed by atoms with E-state index in [2.05, 4.69) is 36.4 Å². The molecule has 6 rings (SSSR count). The number of nitrogens with one attached hydrogen (secondary N) is 1. The largest absolute Gasteiger partial charge is 0.744 e. The highest BCUT2D eigenvalue weighted by Gasteiger charge is 2.33. The first kappa shape index (κ1) is 37.7. The van der Waals surface area contributed by atoms with Gasteiger partial charge in [-0.05, 0) is 67.8 Å². The summed E-state index contributed by atoms with van der Waals surface area (Å²) in [5, 5.41) is 7.35. The van der Waals surface area contributed by atoms with Crippen LogP contribution in [0.2, 0.25) is 0 Å². The van der Waals surface area contributed by atoms with Crippen molar-refractivity contribution in [3.8, 4) is 22.8 Å². The van der Waals surface area contributed by atoms with Crippen molar-refractivity contribution in [3.63, 3.8) is 0 Å². The Morgan fingerprint density at radius 3 is 2.31 bits per heavy atom. The third kappa shape index (κ3) is 8.68. The lowest BCUT2D eigenvalue weighted by Crippen LogP contribution is -2.38. The van der Waals surface area contributed by atoms with E-state index in [0.717, 1.165) is 46.2 Å². The second-order valence-corrected chi connectivity index (χ2v) is 14.6. The van der Waals surface area contributed by atoms with E-state index < -0.39 is 33.6 Å². The number of hydrogen-bond donors (Lipinski definition) is 1. The van der Waals surface area contributed by atoms with Gasteiger partial charge in [0.1, 0.15) is 15.8 Å². The number of aromatic nitrogens is 4. The summed E-state index contributed by atoms with van der Waals surface area (Å²) in [7, 11) is 1.94. The predicted molar refractivity (Wildman–Crippen MR) is 187 cm³/mol. The van der Waals surface area contributed by atoms with Gasteiger partial charge in [-0.3, -0.25) is 4.57 Å². The van der Waals surface area contributed by atoms with Crippen molar-refractivity contribution < 1.29 is 35.4 Å². The molecule has 0 saturated heterocycles. The van der Waals surface area contributed by atoms with Crippen LogP contribution >= 0.6 is 0 Å². The van der Waals surface area contributed by atoms with Crippen LogP contribution in [0, 0.1) is 13.5 Å². The highest BCUT2D eigenvalue weighted by Crippen LogP contribution is 2.33. The van der Waals surface area contributed by atoms with E-state index in [0.29, 0.717) is 28.0 Å². The molecule has 0 radical (unpaired) electrons. The van der Waals surface area contributed by atoms with Crippen molar-refractivity contribution in [2.24, 2.45) is 0 Å². The van der Waals surface area contributed by atoms with Gasteiger partial charge in [0.2, 0.25) is 0 Å². The number of halogens is 3. The summed E-state index contributed by atoms with van der Waals surface area (Å²) in [5.74, 6) is 0. The fourth-order valence-electron chi connectivity index (χ4n) is 5.45. The molecule has 16 heteroatoms. The average molecular weight is 736 g/mol. The van der Waals surface area contributed by atoms with Crippen molar-refractivity contribution in [1.29, 1.82) is 0 Å². The molecule has 3 aromatic carbocycles. The number of carbonyl (C=O) groups excluding carboxylic acids is 1. The fourth-order valence-corrected chi connectivity index (χ4v) is 5.94. The monoisotopic (exact) mass is 735 g/mol. The van der Waals surface area contributed by atoms with Gasteiger partial charge in [-0.1, -0.05) is 36.4 Å². The van der Waals surface area contributed by atoms with Crippen LogP contribution < -0.4 is 11.0 Å². The lowest BCUT2D eigenvalue weighted by molar-refractivity contribution is -0.870. The number of benzene rings is 3. The minimum absolute atomic E-state index is 0.0114. The maximum absolute atomic E-state index is 13.8. The Bertz CT molecular complexity index is 2310. The van der Waals surface area contributed by atoms with Crippen LogP contribution in [-0.2, 0) is 22.7 Å². The van der Waals surface area contributed by atoms with Gasteiger partial charge in [0.15, 0.2) is 5.69 Å². The number of nitrogens with zero attached hydrogens (tertiary/aromatic N) is 6. The van der Waals surface area contributed by atoms with Gasteiger partial charge in [0, 0.05) is 12.5 Å². The topological polar surface area (TPSA) is 135 Å². The standard InChI is InChI=1S/C30H30F3N7O2.C6H6O3S/c1-19-27(26-13-15-35-39(26)25-12-11-23(34-2)17-20(25)14-16-40(3,4)5)38(28(41)36-22-9-10-22)29(42)37(19)24-8-6-7-21(18-24)30(31,32)33;7-10(8,9)6-4-2-1-3-5-6/h6-8,11-13,15,17-18,22H,9-10,14,16H2,1,3-5H3;1-5H,(H,7,8,9). The number of imidazole rings is 1. The molecule has 12 nitrogen and oxygen atoms in total. The molecule has 1 amide bonds. The molecule has 1 fully saturated rings. The zero-order chi connectivity index (χ0) is 38.0. The molecule has 52 heavy (non-hydrogen) atoms. The van der Waals surface area contributed by atoms with Crippen LogP contribution in [0.25, 0.3) is 27.6 Å². The van der Waals surface area contributed by atoms with Gasteiger partial charge in [-0.15, -0.1) is 0 Å². The van der Waals surface area contributed by atoms with E-state index in [1.54, 1.807) is 41.9 Å². The molecule has 2 heterocycles. The van der Waals surface area contributed by atoms with Gasteiger partial charge < -0.3 is 14.4 Å². The molecule has 1 aliphatic carbocycles. The van der Waals surface area contributed by atoms with Crippen molar-refractivity contribution >= 4 is 21.8 Å². The van der Waals surface area contributed by atoms with Gasteiger partial charge in [0.25, 0.3) is 0 Å². The number of likely N-dealkylation sites (N-methyl/N-ethyl adjacent to an activating group) is 1. The molecule has 0 bridgehead atoms. The van der Waals surface area contributed by atoms with Crippen LogP contribution in [0.15, 0.2) is 94.7 Å². The van der Waals surface area contributed by atoms with Crippen LogP contribution in [0.4, 0.5) is 23.7 Å². The van der Waals surface area contributed by atoms with Crippen LogP contribution in [-0.4, -0.2) is 76.1 Å². The first-order valence-electron chi connectivity index (χ1n) is 16.1. The van der Waals surface area contributed by atoms with E-state index in [4.69, 9.17) is 6.57 Å². The van der Waals surface area contributed by atoms with Gasteiger partial charge in [-0.25, -0.2) is 32.1 Å². The smallest absolute Gasteiger partial charge is 0.416 e. The summed E-state index contributed by atoms with van der Waals surface area (Å²) < 4.78 is 75.9. The van der Waals surface area contributed by atoms with Gasteiger partial charge >= 0.3 is 17.9 Å². The summed E-state index contributed by atoms with van der Waals surface area (Å²) >= 11 is 0. The Morgan fingerprint density at radius 1 is 1.04 bits per heavy atom. The molecule has 1 N–H and O–H groups in total. The summed E-state index contributed by atoms with van der Waals surface area (Å²) in [4.78, 5) is 30.7. The lowest BCUT2D eigenvalue weighted by atomic mass is 10.1. The highest BCUT2D eigenvalue weighted by atomic mass is 32.2. The number of amides is 1. The fraction of sp³-hybridized carbons (Fsp3) is 0.278. The Morgan fingerprint density at radius 2 is 1.73 bits per heavy atom. The summed E-state index contributed by atoms with van der Waals surface area (Å²) in [5.41, 5.74) is 1.17. The van der Waals surface area contributed by atoms with E-state index in [1.807, 2.05) is 0 Å². The minimum atomic E-state index is -4.61. The number of quaternary nitrogens is 1. The molecule has 1 saturated carbocycles. The number of hydrogen-bond acceptors (Lipinski definition) is 6. The van der Waals surface area contributed by atoms with E-state index in [1.165, 1.54) is 42.6 Å². The quantitative estimate of drug-likeness (QED) is 0.119. The molecular weight excluding hydrogens is 700 g/mol. The van der Waals surface area contributed by atoms with E-state index >= 15 is 0 Å². The average Bonchev–Trinajstić information content (AvgIpc) is 3.69. The molecule has 2 aromatic heterocycles. The third-order valence-corrected chi connectivity index (χ3v) is 9.06. The predicted octanol–water partition coefficient (Wildman–Crippen LogP) is 5.93. The molecule has 0 spiro atoms. The summed E-state index contributed by atoms with van der Waals surface area (Å²) in [6.07, 6.45) is -0.883. The number of rotatable bonds is 8. The minimum Gasteiger partial charge on any atom is -0.744 e. The van der Waals surface area contributed by atoms with Crippen molar-refractivity contribution in [1.82, 2.24) is 24.2 Å². The normalized spacial score (nSPS) is 13.2. The lowest BCUT2D eigenvalue weighted by Gasteiger charge is -2.24. The van der Waals surface area contributed by atoms with E-state index in [9.17, 15) is 35.7 Å². The van der Waals surface area contributed by atoms with Crippen molar-refractivity contribution in [2.75, 3.05) is 27.7 Å². The number of carbonyl (C=O) groups is 1. The molecule has 272 valence electrons. The first-order chi connectivity index (χ1) is 24.4. The Labute approximate surface area is 298 Å². The van der Waals surface area contributed by atoms with Gasteiger partial charge in [-0.2, -0.15) is 18.3 Å². The maximum atomic E-state index is 13.8. The molecule has 1 aliphatic rings. The molecule has 0 unspecified atom stereocenters. The van der Waals surface area contributed by atoms with Crippen molar-refractivity contribution in [2.45, 2.75) is 43.3 Å². The maximum Gasteiger partial charge on any atom is 0.416 e. The molecule has 0 aliphatic heterocycles. The Kier molecular flexibility index (Phi) is 10.6. The molecule has 0 atom stereocenters. The molecular formula is C36H36F3N7O5S.